The largest absolute Gasteiger partial charge is 0.477 e. The molecule has 0 aliphatic heterocycles. The van der Waals surface area contributed by atoms with Crippen molar-refractivity contribution in [1.29, 1.82) is 0 Å². The highest BCUT2D eigenvalue weighted by Crippen LogP contribution is 2.23. The number of carboxylic acids is 1. The fourth-order valence-corrected chi connectivity index (χ4v) is 3.64. The number of sulfonamides is 1. The van der Waals surface area contributed by atoms with E-state index >= 15 is 0 Å². The number of aryl methyl sites for hydroxylation is 1. The van der Waals surface area contributed by atoms with Gasteiger partial charge in [0.15, 0.2) is 0 Å². The molecule has 0 fully saturated rings. The van der Waals surface area contributed by atoms with Crippen LogP contribution in [0.5, 0.6) is 0 Å². The summed E-state index contributed by atoms with van der Waals surface area (Å²) < 4.78 is 26.1. The molecule has 2 heterocycles. The lowest BCUT2D eigenvalue weighted by Crippen LogP contribution is -2.17. The first kappa shape index (κ1) is 14.5. The van der Waals surface area contributed by atoms with E-state index in [1.165, 1.54) is 12.1 Å². The molecule has 6 nitrogen and oxygen atoms in total. The molecule has 2 aromatic heterocycles. The number of anilines is 1. The normalized spacial score (nSPS) is 11.2. The number of hydrogen-bond acceptors (Lipinski definition) is 5. The number of carbonyl (C=O) groups is 1. The lowest BCUT2D eigenvalue weighted by atomic mass is 10.2. The minimum atomic E-state index is -3.50. The maximum Gasteiger partial charge on any atom is 0.345 e. The summed E-state index contributed by atoms with van der Waals surface area (Å²) >= 11 is 0.890. The third-order valence-corrected chi connectivity index (χ3v) is 4.87. The van der Waals surface area contributed by atoms with Gasteiger partial charge in [0, 0.05) is 12.4 Å². The first-order chi connectivity index (χ1) is 9.46. The van der Waals surface area contributed by atoms with Crippen LogP contribution in [0.15, 0.2) is 36.7 Å². The highest BCUT2D eigenvalue weighted by Gasteiger charge is 2.14. The number of thiophene rings is 1. The maximum atomic E-state index is 11.9. The van der Waals surface area contributed by atoms with Gasteiger partial charge in [0.05, 0.1) is 5.75 Å². The van der Waals surface area contributed by atoms with Crippen molar-refractivity contribution in [2.24, 2.45) is 0 Å². The summed E-state index contributed by atoms with van der Waals surface area (Å²) in [5, 5.41) is 9.08. The smallest absolute Gasteiger partial charge is 0.345 e. The third-order valence-electron chi connectivity index (χ3n) is 2.48. The van der Waals surface area contributed by atoms with E-state index in [1.54, 1.807) is 24.5 Å². The Bertz CT molecular complexity index is 695. The highest BCUT2D eigenvalue weighted by atomic mass is 32.2. The molecule has 0 radical (unpaired) electrons. The van der Waals surface area contributed by atoms with E-state index in [2.05, 4.69) is 9.71 Å². The van der Waals surface area contributed by atoms with Crippen LogP contribution in [0, 0.1) is 0 Å². The van der Waals surface area contributed by atoms with Gasteiger partial charge in [-0.2, -0.15) is 0 Å². The number of carboxylic acid groups (broad SMARTS) is 1. The SMILES string of the molecule is O=C(O)c1ccc(NS(=O)(=O)CCc2ccncc2)s1. The molecule has 0 atom stereocenters. The fourth-order valence-electron chi connectivity index (χ4n) is 1.51. The molecular weight excluding hydrogens is 300 g/mol. The summed E-state index contributed by atoms with van der Waals surface area (Å²) in [6.07, 6.45) is 3.58. The minimum absolute atomic E-state index is 0.0721. The Hall–Kier alpha value is -1.93. The van der Waals surface area contributed by atoms with Gasteiger partial charge in [-0.15, -0.1) is 11.3 Å². The molecule has 0 aromatic carbocycles. The summed E-state index contributed by atoms with van der Waals surface area (Å²) in [6.45, 7) is 0. The molecule has 2 rings (SSSR count). The van der Waals surface area contributed by atoms with E-state index in [9.17, 15) is 13.2 Å². The lowest BCUT2D eigenvalue weighted by molar-refractivity contribution is 0.0702. The second-order valence-corrected chi connectivity index (χ2v) is 6.92. The molecule has 2 aromatic rings. The van der Waals surface area contributed by atoms with Gasteiger partial charge in [-0.3, -0.25) is 9.71 Å². The van der Waals surface area contributed by atoms with Crippen molar-refractivity contribution in [1.82, 2.24) is 4.98 Å². The van der Waals surface area contributed by atoms with Crippen LogP contribution in [0.2, 0.25) is 0 Å². The number of hydrogen-bond donors (Lipinski definition) is 2. The number of aromatic carboxylic acids is 1. The van der Waals surface area contributed by atoms with Crippen molar-refractivity contribution in [2.75, 3.05) is 10.5 Å². The van der Waals surface area contributed by atoms with E-state index < -0.39 is 16.0 Å². The minimum Gasteiger partial charge on any atom is -0.477 e. The van der Waals surface area contributed by atoms with E-state index in [4.69, 9.17) is 5.11 Å². The van der Waals surface area contributed by atoms with Crippen LogP contribution in [0.3, 0.4) is 0 Å². The number of nitrogens with zero attached hydrogens (tertiary/aromatic N) is 1. The summed E-state index contributed by atoms with van der Waals surface area (Å²) in [4.78, 5) is 14.7. The molecule has 0 saturated heterocycles. The third kappa shape index (κ3) is 4.04. The standard InChI is InChI=1S/C12H12N2O4S2/c15-12(16)10-1-2-11(19-10)14-20(17,18)8-5-9-3-6-13-7-4-9/h1-4,6-7,14H,5,8H2,(H,15,16). The molecule has 0 spiro atoms. The molecule has 2 N–H and O–H groups in total. The fraction of sp³-hybridized carbons (Fsp3) is 0.167. The van der Waals surface area contributed by atoms with Gasteiger partial charge in [0.1, 0.15) is 9.88 Å². The number of aromatic nitrogens is 1. The predicted octanol–water partition coefficient (Wildman–Crippen LogP) is 1.83. The zero-order valence-corrected chi connectivity index (χ0v) is 11.9. The summed E-state index contributed by atoms with van der Waals surface area (Å²) in [7, 11) is -3.50. The van der Waals surface area contributed by atoms with Gasteiger partial charge in [-0.1, -0.05) is 0 Å². The van der Waals surface area contributed by atoms with Crippen LogP contribution < -0.4 is 4.72 Å². The van der Waals surface area contributed by atoms with E-state index in [0.717, 1.165) is 16.9 Å². The average Bonchev–Trinajstić information content (AvgIpc) is 2.86. The highest BCUT2D eigenvalue weighted by molar-refractivity contribution is 7.92. The number of pyridine rings is 1. The quantitative estimate of drug-likeness (QED) is 0.848. The first-order valence-corrected chi connectivity index (χ1v) is 8.16. The van der Waals surface area contributed by atoms with Crippen molar-refractivity contribution in [3.63, 3.8) is 0 Å². The van der Waals surface area contributed by atoms with Crippen LogP contribution >= 0.6 is 11.3 Å². The monoisotopic (exact) mass is 312 g/mol. The zero-order valence-electron chi connectivity index (χ0n) is 10.3. The van der Waals surface area contributed by atoms with Gasteiger partial charge >= 0.3 is 5.97 Å². The Kier molecular flexibility index (Phi) is 4.35. The summed E-state index contributed by atoms with van der Waals surface area (Å²) in [6, 6.07) is 6.32. The maximum absolute atomic E-state index is 11.9. The summed E-state index contributed by atoms with van der Waals surface area (Å²) in [5.41, 5.74) is 0.878. The second kappa shape index (κ2) is 6.02. The van der Waals surface area contributed by atoms with E-state index in [0.29, 0.717) is 11.4 Å². The Morgan fingerprint density at radius 2 is 1.95 bits per heavy atom. The molecule has 0 saturated carbocycles. The first-order valence-electron chi connectivity index (χ1n) is 5.69. The van der Waals surface area contributed by atoms with Gasteiger partial charge in [-0.05, 0) is 36.2 Å². The predicted molar refractivity (Wildman–Crippen MR) is 76.6 cm³/mol. The molecule has 0 bridgehead atoms. The van der Waals surface area contributed by atoms with Crippen LogP contribution in [-0.2, 0) is 16.4 Å². The lowest BCUT2D eigenvalue weighted by Gasteiger charge is -2.05. The van der Waals surface area contributed by atoms with E-state index in [-0.39, 0.29) is 10.6 Å². The van der Waals surface area contributed by atoms with Crippen LogP contribution in [0.25, 0.3) is 0 Å². The molecule has 0 aliphatic rings. The van der Waals surface area contributed by atoms with E-state index in [1.807, 2.05) is 0 Å². The Balaban J connectivity index is 1.98. The number of nitrogens with one attached hydrogen (secondary N) is 1. The van der Waals surface area contributed by atoms with Crippen molar-refractivity contribution >= 4 is 32.3 Å². The molecular formula is C12H12N2O4S2. The molecule has 8 heteroatoms. The topological polar surface area (TPSA) is 96.4 Å². The molecule has 0 aliphatic carbocycles. The van der Waals surface area contributed by atoms with Gasteiger partial charge in [0.25, 0.3) is 0 Å². The molecule has 0 amide bonds. The van der Waals surface area contributed by atoms with Gasteiger partial charge in [0.2, 0.25) is 10.0 Å². The second-order valence-electron chi connectivity index (χ2n) is 4.00. The van der Waals surface area contributed by atoms with Gasteiger partial charge in [-0.25, -0.2) is 13.2 Å². The Labute approximate surface area is 120 Å². The van der Waals surface area contributed by atoms with Crippen LogP contribution in [0.1, 0.15) is 15.2 Å². The number of rotatable bonds is 6. The Morgan fingerprint density at radius 1 is 1.25 bits per heavy atom. The Morgan fingerprint density at radius 3 is 2.55 bits per heavy atom. The van der Waals surface area contributed by atoms with Crippen molar-refractivity contribution in [3.8, 4) is 0 Å². The van der Waals surface area contributed by atoms with Crippen LogP contribution in [-0.4, -0.2) is 30.2 Å². The van der Waals surface area contributed by atoms with Gasteiger partial charge < -0.3 is 5.11 Å². The van der Waals surface area contributed by atoms with Crippen molar-refractivity contribution in [3.05, 3.63) is 47.1 Å². The molecule has 20 heavy (non-hydrogen) atoms. The van der Waals surface area contributed by atoms with Crippen LogP contribution in [0.4, 0.5) is 5.00 Å². The average molecular weight is 312 g/mol. The molecule has 0 unspecified atom stereocenters. The zero-order chi connectivity index (χ0) is 14.6. The molecule has 106 valence electrons. The summed E-state index contributed by atoms with van der Waals surface area (Å²) in [5.74, 6) is -1.14. The van der Waals surface area contributed by atoms with Crippen molar-refractivity contribution in [2.45, 2.75) is 6.42 Å². The van der Waals surface area contributed by atoms with Crippen molar-refractivity contribution < 1.29 is 18.3 Å².